The van der Waals surface area contributed by atoms with Gasteiger partial charge in [-0.1, -0.05) is 13.8 Å². The van der Waals surface area contributed by atoms with Gasteiger partial charge in [-0.05, 0) is 24.7 Å². The monoisotopic (exact) mass is 256 g/mol. The molecule has 5 heteroatoms. The second-order valence-corrected chi connectivity index (χ2v) is 5.18. The quantitative estimate of drug-likeness (QED) is 0.672. The number of carboxylic acids is 1. The van der Waals surface area contributed by atoms with Gasteiger partial charge in [0, 0.05) is 25.5 Å². The Bertz CT molecular complexity index is 285. The van der Waals surface area contributed by atoms with Crippen molar-refractivity contribution in [3.05, 3.63) is 0 Å². The molecule has 0 spiro atoms. The van der Waals surface area contributed by atoms with E-state index in [9.17, 15) is 14.7 Å². The molecule has 0 aromatic carbocycles. The van der Waals surface area contributed by atoms with Crippen molar-refractivity contribution in [2.45, 2.75) is 33.1 Å². The molecule has 0 N–H and O–H groups in total. The summed E-state index contributed by atoms with van der Waals surface area (Å²) in [7, 11) is 0. The van der Waals surface area contributed by atoms with Gasteiger partial charge >= 0.3 is 0 Å². The van der Waals surface area contributed by atoms with Crippen LogP contribution in [0, 0.1) is 11.8 Å². The zero-order chi connectivity index (χ0) is 13.5. The first-order chi connectivity index (χ1) is 8.50. The standard InChI is InChI=1S/C13H23NO4/c1-10(2)9-11(13(16)17)3-4-12(15)14-5-7-18-8-6-14/h10-11H,3-9H2,1-2H3,(H,16,17)/p-1/t11-/m0/s1. The molecule has 1 fully saturated rings. The molecule has 0 saturated carbocycles. The number of aliphatic carboxylic acids is 1. The maximum Gasteiger partial charge on any atom is 0.222 e. The fraction of sp³-hybridized carbons (Fsp3) is 0.846. The fourth-order valence-electron chi connectivity index (χ4n) is 2.17. The molecule has 0 aromatic rings. The molecule has 0 radical (unpaired) electrons. The summed E-state index contributed by atoms with van der Waals surface area (Å²) in [5.41, 5.74) is 0. The van der Waals surface area contributed by atoms with Gasteiger partial charge < -0.3 is 19.5 Å². The first-order valence-electron chi connectivity index (χ1n) is 6.57. The molecule has 104 valence electrons. The van der Waals surface area contributed by atoms with Crippen molar-refractivity contribution in [3.63, 3.8) is 0 Å². The zero-order valence-electron chi connectivity index (χ0n) is 11.2. The van der Waals surface area contributed by atoms with Crippen LogP contribution in [0.15, 0.2) is 0 Å². The van der Waals surface area contributed by atoms with Gasteiger partial charge in [-0.2, -0.15) is 0 Å². The number of rotatable bonds is 6. The number of ether oxygens (including phenoxy) is 1. The molecule has 1 aliphatic rings. The fourth-order valence-corrected chi connectivity index (χ4v) is 2.17. The van der Waals surface area contributed by atoms with Crippen molar-refractivity contribution < 1.29 is 19.4 Å². The van der Waals surface area contributed by atoms with E-state index >= 15 is 0 Å². The normalized spacial score (nSPS) is 17.8. The van der Waals surface area contributed by atoms with Crippen LogP contribution in [0.5, 0.6) is 0 Å². The van der Waals surface area contributed by atoms with Crippen molar-refractivity contribution in [1.29, 1.82) is 0 Å². The largest absolute Gasteiger partial charge is 0.550 e. The maximum atomic E-state index is 11.9. The lowest BCUT2D eigenvalue weighted by molar-refractivity contribution is -0.312. The van der Waals surface area contributed by atoms with Crippen LogP contribution < -0.4 is 5.11 Å². The van der Waals surface area contributed by atoms with Gasteiger partial charge in [0.05, 0.1) is 13.2 Å². The Morgan fingerprint density at radius 1 is 1.28 bits per heavy atom. The highest BCUT2D eigenvalue weighted by Gasteiger charge is 2.19. The van der Waals surface area contributed by atoms with E-state index in [-0.39, 0.29) is 12.3 Å². The van der Waals surface area contributed by atoms with Gasteiger partial charge in [0.2, 0.25) is 5.91 Å². The van der Waals surface area contributed by atoms with Crippen molar-refractivity contribution in [3.8, 4) is 0 Å². The highest BCUT2D eigenvalue weighted by atomic mass is 16.5. The lowest BCUT2D eigenvalue weighted by atomic mass is 9.93. The summed E-state index contributed by atoms with van der Waals surface area (Å²) in [5.74, 6) is -1.24. The molecule has 0 aromatic heterocycles. The summed E-state index contributed by atoms with van der Waals surface area (Å²) in [6.07, 6.45) is 1.22. The van der Waals surface area contributed by atoms with Gasteiger partial charge in [0.1, 0.15) is 0 Å². The number of carbonyl (C=O) groups is 2. The summed E-state index contributed by atoms with van der Waals surface area (Å²) >= 11 is 0. The van der Waals surface area contributed by atoms with Crippen LogP contribution in [0.2, 0.25) is 0 Å². The zero-order valence-corrected chi connectivity index (χ0v) is 11.2. The maximum absolute atomic E-state index is 11.9. The van der Waals surface area contributed by atoms with E-state index in [1.54, 1.807) is 4.90 Å². The second kappa shape index (κ2) is 7.36. The van der Waals surface area contributed by atoms with Crippen LogP contribution in [0.1, 0.15) is 33.1 Å². The highest BCUT2D eigenvalue weighted by molar-refractivity contribution is 5.77. The molecule has 0 bridgehead atoms. The van der Waals surface area contributed by atoms with E-state index in [1.807, 2.05) is 13.8 Å². The Morgan fingerprint density at radius 3 is 2.39 bits per heavy atom. The Hall–Kier alpha value is -1.10. The van der Waals surface area contributed by atoms with E-state index < -0.39 is 11.9 Å². The van der Waals surface area contributed by atoms with Gasteiger partial charge in [0.25, 0.3) is 0 Å². The van der Waals surface area contributed by atoms with Crippen LogP contribution in [0.3, 0.4) is 0 Å². The topological polar surface area (TPSA) is 69.7 Å². The first kappa shape index (κ1) is 15.0. The summed E-state index contributed by atoms with van der Waals surface area (Å²) < 4.78 is 5.17. The van der Waals surface area contributed by atoms with Crippen LogP contribution in [0.4, 0.5) is 0 Å². The minimum Gasteiger partial charge on any atom is -0.550 e. The third-order valence-corrected chi connectivity index (χ3v) is 3.16. The Kier molecular flexibility index (Phi) is 6.12. The molecule has 1 amide bonds. The number of carbonyl (C=O) groups excluding carboxylic acids is 2. The lowest BCUT2D eigenvalue weighted by Gasteiger charge is -2.28. The third-order valence-electron chi connectivity index (χ3n) is 3.16. The molecule has 1 aliphatic heterocycles. The molecule has 5 nitrogen and oxygen atoms in total. The van der Waals surface area contributed by atoms with E-state index in [4.69, 9.17) is 4.74 Å². The number of morpholine rings is 1. The Labute approximate surface area is 108 Å². The molecule has 1 heterocycles. The van der Waals surface area contributed by atoms with Crippen LogP contribution in [-0.2, 0) is 14.3 Å². The molecule has 1 saturated heterocycles. The second-order valence-electron chi connectivity index (χ2n) is 5.18. The molecular weight excluding hydrogens is 234 g/mol. The highest BCUT2D eigenvalue weighted by Crippen LogP contribution is 2.17. The van der Waals surface area contributed by atoms with Crippen LogP contribution in [-0.4, -0.2) is 43.1 Å². The molecular formula is C13H22NO4-. The average Bonchev–Trinajstić information content (AvgIpc) is 2.34. The van der Waals surface area contributed by atoms with Gasteiger partial charge in [-0.15, -0.1) is 0 Å². The van der Waals surface area contributed by atoms with Crippen molar-refractivity contribution in [1.82, 2.24) is 4.90 Å². The summed E-state index contributed by atoms with van der Waals surface area (Å²) in [5, 5.41) is 11.0. The average molecular weight is 256 g/mol. The molecule has 18 heavy (non-hydrogen) atoms. The number of hydrogen-bond acceptors (Lipinski definition) is 4. The molecule has 1 rings (SSSR count). The van der Waals surface area contributed by atoms with Crippen molar-refractivity contribution in [2.24, 2.45) is 11.8 Å². The number of amides is 1. The summed E-state index contributed by atoms with van der Waals surface area (Å²) in [6, 6.07) is 0. The van der Waals surface area contributed by atoms with Crippen LogP contribution >= 0.6 is 0 Å². The summed E-state index contributed by atoms with van der Waals surface area (Å²) in [4.78, 5) is 24.6. The molecule has 0 aliphatic carbocycles. The minimum absolute atomic E-state index is 0.0216. The van der Waals surface area contributed by atoms with Gasteiger partial charge in [0.15, 0.2) is 0 Å². The predicted octanol–water partition coefficient (Wildman–Crippen LogP) is 0.0376. The number of carboxylic acid groups (broad SMARTS) is 1. The third kappa shape index (κ3) is 5.04. The van der Waals surface area contributed by atoms with Crippen LogP contribution in [0.25, 0.3) is 0 Å². The smallest absolute Gasteiger partial charge is 0.222 e. The Morgan fingerprint density at radius 2 is 1.89 bits per heavy atom. The number of nitrogens with zero attached hydrogens (tertiary/aromatic N) is 1. The molecule has 0 unspecified atom stereocenters. The van der Waals surface area contributed by atoms with E-state index in [0.29, 0.717) is 45.1 Å². The van der Waals surface area contributed by atoms with Crippen molar-refractivity contribution >= 4 is 11.9 Å². The van der Waals surface area contributed by atoms with Gasteiger partial charge in [-0.25, -0.2) is 0 Å². The first-order valence-corrected chi connectivity index (χ1v) is 6.57. The molecule has 1 atom stereocenters. The SMILES string of the molecule is CC(C)C[C@H](CCC(=O)N1CCOCC1)C(=O)[O-]. The Balaban J connectivity index is 2.36. The van der Waals surface area contributed by atoms with Gasteiger partial charge in [-0.3, -0.25) is 4.79 Å². The van der Waals surface area contributed by atoms with E-state index in [2.05, 4.69) is 0 Å². The lowest BCUT2D eigenvalue weighted by Crippen LogP contribution is -2.41. The van der Waals surface area contributed by atoms with E-state index in [0.717, 1.165) is 0 Å². The minimum atomic E-state index is -1.04. The predicted molar refractivity (Wildman–Crippen MR) is 64.6 cm³/mol. The van der Waals surface area contributed by atoms with E-state index in [1.165, 1.54) is 0 Å². The number of hydrogen-bond donors (Lipinski definition) is 0. The summed E-state index contributed by atoms with van der Waals surface area (Å²) in [6.45, 7) is 6.31. The van der Waals surface area contributed by atoms with Crippen molar-refractivity contribution in [2.75, 3.05) is 26.3 Å².